The van der Waals surface area contributed by atoms with Crippen LogP contribution in [-0.2, 0) is 17.8 Å². The lowest BCUT2D eigenvalue weighted by atomic mass is 9.89. The average Bonchev–Trinajstić information content (AvgIpc) is 2.95. The fourth-order valence-corrected chi connectivity index (χ4v) is 3.54. The van der Waals surface area contributed by atoms with Gasteiger partial charge in [0.05, 0.1) is 0 Å². The van der Waals surface area contributed by atoms with Crippen LogP contribution in [0.4, 0.5) is 4.39 Å². The summed E-state index contributed by atoms with van der Waals surface area (Å²) in [6.45, 7) is 1.99. The van der Waals surface area contributed by atoms with E-state index in [1.165, 1.54) is 6.20 Å². The van der Waals surface area contributed by atoms with Crippen molar-refractivity contribution in [1.29, 1.82) is 0 Å². The molecule has 1 aliphatic rings. The van der Waals surface area contributed by atoms with Gasteiger partial charge in [-0.3, -0.25) is 19.5 Å². The molecule has 0 amide bonds. The summed E-state index contributed by atoms with van der Waals surface area (Å²) in [4.78, 5) is 32.8. The minimum atomic E-state index is -0.259. The van der Waals surface area contributed by atoms with Gasteiger partial charge in [-0.15, -0.1) is 11.3 Å². The van der Waals surface area contributed by atoms with Gasteiger partial charge < -0.3 is 4.98 Å². The topological polar surface area (TPSA) is 66.1 Å². The first-order chi connectivity index (χ1) is 11.1. The smallest absolute Gasteiger partial charge is 0.270 e. The van der Waals surface area contributed by atoms with Crippen molar-refractivity contribution in [1.82, 2.24) is 14.9 Å². The van der Waals surface area contributed by atoms with Crippen molar-refractivity contribution in [3.8, 4) is 0 Å². The number of carbonyl (C=O) groups excluding carboxylic acids is 1. The Morgan fingerprint density at radius 2 is 2.22 bits per heavy atom. The Kier molecular flexibility index (Phi) is 4.97. The normalized spacial score (nSPS) is 16.6. The third-order valence-electron chi connectivity index (χ3n) is 4.26. The molecule has 1 aliphatic heterocycles. The lowest BCUT2D eigenvalue weighted by Crippen LogP contribution is -2.37. The predicted molar refractivity (Wildman–Crippen MR) is 85.8 cm³/mol. The van der Waals surface area contributed by atoms with Crippen LogP contribution in [-0.4, -0.2) is 33.7 Å². The van der Waals surface area contributed by atoms with Crippen LogP contribution in [0.1, 0.15) is 24.1 Å². The molecule has 0 unspecified atom stereocenters. The number of Topliss-reactive ketones (excluding diaryl/α,β-unsaturated/α-hetero) is 1. The number of aromatic nitrogens is 2. The highest BCUT2D eigenvalue weighted by atomic mass is 32.1. The lowest BCUT2D eigenvalue weighted by molar-refractivity contribution is -0.123. The Balaban J connectivity index is 1.52. The first kappa shape index (κ1) is 16.0. The Morgan fingerprint density at radius 3 is 2.87 bits per heavy atom. The number of piperidine rings is 1. The number of H-pyrrole nitrogens is 1. The number of halogens is 1. The number of carbonyl (C=O) groups is 1. The average molecular weight is 335 g/mol. The number of thiophene rings is 1. The van der Waals surface area contributed by atoms with E-state index in [0.29, 0.717) is 17.8 Å². The zero-order valence-electron chi connectivity index (χ0n) is 12.6. The second-order valence-electron chi connectivity index (χ2n) is 5.78. The first-order valence-electron chi connectivity index (χ1n) is 7.63. The van der Waals surface area contributed by atoms with Crippen LogP contribution in [0.3, 0.4) is 0 Å². The monoisotopic (exact) mass is 335 g/mol. The fourth-order valence-electron chi connectivity index (χ4n) is 2.90. The van der Waals surface area contributed by atoms with Crippen molar-refractivity contribution in [3.05, 3.63) is 50.6 Å². The molecule has 3 heterocycles. The van der Waals surface area contributed by atoms with Gasteiger partial charge in [0.2, 0.25) is 0 Å². The molecule has 23 heavy (non-hydrogen) atoms. The Hall–Kier alpha value is -1.86. The van der Waals surface area contributed by atoms with Crippen molar-refractivity contribution >= 4 is 17.1 Å². The maximum Gasteiger partial charge on any atom is 0.270 e. The number of nitrogens with zero attached hydrogens (tertiary/aromatic N) is 2. The van der Waals surface area contributed by atoms with Gasteiger partial charge >= 0.3 is 0 Å². The van der Waals surface area contributed by atoms with Crippen molar-refractivity contribution in [2.24, 2.45) is 5.92 Å². The minimum Gasteiger partial charge on any atom is -0.326 e. The van der Waals surface area contributed by atoms with E-state index < -0.39 is 0 Å². The van der Waals surface area contributed by atoms with Gasteiger partial charge in [0.1, 0.15) is 11.5 Å². The van der Waals surface area contributed by atoms with Crippen molar-refractivity contribution in [2.45, 2.75) is 25.8 Å². The van der Waals surface area contributed by atoms with Crippen LogP contribution in [0, 0.1) is 11.0 Å². The molecule has 0 bridgehead atoms. The molecule has 0 aliphatic carbocycles. The highest BCUT2D eigenvalue weighted by Gasteiger charge is 2.26. The quantitative estimate of drug-likeness (QED) is 0.907. The number of aromatic amines is 1. The van der Waals surface area contributed by atoms with Crippen molar-refractivity contribution in [2.75, 3.05) is 13.1 Å². The Labute approximate surface area is 137 Å². The van der Waals surface area contributed by atoms with E-state index in [1.807, 2.05) is 0 Å². The van der Waals surface area contributed by atoms with Crippen LogP contribution in [0.25, 0.3) is 0 Å². The molecule has 0 saturated carbocycles. The van der Waals surface area contributed by atoms with Gasteiger partial charge in [-0.25, -0.2) is 0 Å². The highest BCUT2D eigenvalue weighted by Crippen LogP contribution is 2.22. The maximum absolute atomic E-state index is 13.4. The summed E-state index contributed by atoms with van der Waals surface area (Å²) in [5.74, 6) is 0.0881. The van der Waals surface area contributed by atoms with Crippen LogP contribution in [0.5, 0.6) is 0 Å². The molecule has 1 fully saturated rings. The van der Waals surface area contributed by atoms with E-state index >= 15 is 0 Å². The molecule has 7 heteroatoms. The minimum absolute atomic E-state index is 0.0208. The second-order valence-corrected chi connectivity index (χ2v) is 6.64. The second kappa shape index (κ2) is 7.14. The van der Waals surface area contributed by atoms with Gasteiger partial charge in [0, 0.05) is 36.8 Å². The van der Waals surface area contributed by atoms with E-state index in [4.69, 9.17) is 0 Å². The Bertz CT molecular complexity index is 735. The molecule has 1 saturated heterocycles. The summed E-state index contributed by atoms with van der Waals surface area (Å²) < 4.78 is 13.4. The lowest BCUT2D eigenvalue weighted by Gasteiger charge is -2.30. The fraction of sp³-hybridized carbons (Fsp3) is 0.438. The van der Waals surface area contributed by atoms with Crippen LogP contribution < -0.4 is 5.56 Å². The van der Waals surface area contributed by atoms with E-state index in [-0.39, 0.29) is 28.8 Å². The highest BCUT2D eigenvalue weighted by molar-refractivity contribution is 7.08. The maximum atomic E-state index is 13.4. The Morgan fingerprint density at radius 1 is 1.43 bits per heavy atom. The first-order valence-corrected chi connectivity index (χ1v) is 8.51. The zero-order valence-corrected chi connectivity index (χ0v) is 13.4. The van der Waals surface area contributed by atoms with E-state index in [0.717, 1.165) is 37.3 Å². The van der Waals surface area contributed by atoms with Crippen molar-refractivity contribution < 1.29 is 9.18 Å². The van der Waals surface area contributed by atoms with Crippen LogP contribution in [0.15, 0.2) is 28.6 Å². The molecule has 2 aromatic heterocycles. The van der Waals surface area contributed by atoms with Crippen molar-refractivity contribution in [3.63, 3.8) is 0 Å². The van der Waals surface area contributed by atoms with Crippen LogP contribution in [0.2, 0.25) is 0 Å². The van der Waals surface area contributed by atoms with Gasteiger partial charge in [-0.2, -0.15) is 4.39 Å². The number of hydrogen-bond donors (Lipinski definition) is 1. The molecule has 5 nitrogen and oxygen atoms in total. The van der Waals surface area contributed by atoms with Crippen LogP contribution >= 0.6 is 11.3 Å². The summed E-state index contributed by atoms with van der Waals surface area (Å²) in [6.07, 6.45) is 4.76. The molecule has 0 aromatic carbocycles. The molecule has 1 N–H and O–H groups in total. The summed E-state index contributed by atoms with van der Waals surface area (Å²) >= 11 is 1.03. The molecule has 0 spiro atoms. The molecule has 2 aromatic rings. The van der Waals surface area contributed by atoms with Gasteiger partial charge in [-0.1, -0.05) is 0 Å². The van der Waals surface area contributed by atoms with Gasteiger partial charge in [0.15, 0.2) is 5.13 Å². The third-order valence-corrected chi connectivity index (χ3v) is 5.00. The van der Waals surface area contributed by atoms with Gasteiger partial charge in [-0.05, 0) is 37.4 Å². The number of hydrogen-bond acceptors (Lipinski definition) is 5. The molecule has 122 valence electrons. The number of rotatable bonds is 5. The van der Waals surface area contributed by atoms with E-state index in [2.05, 4.69) is 14.9 Å². The number of ketones is 1. The summed E-state index contributed by atoms with van der Waals surface area (Å²) in [6, 6.07) is 1.68. The SMILES string of the molecule is O=C(Cc1ccsc1F)C1CCN(Cc2ncc[nH]c2=O)CC1. The molecule has 0 atom stereocenters. The summed E-state index contributed by atoms with van der Waals surface area (Å²) in [7, 11) is 0. The standard InChI is InChI=1S/C16H18FN3O2S/c17-15-12(3-8-23-15)9-14(21)11-1-6-20(7-2-11)10-13-16(22)19-5-4-18-13/h3-5,8,11H,1-2,6-7,9-10H2,(H,19,22). The molecule has 0 radical (unpaired) electrons. The van der Waals surface area contributed by atoms with Gasteiger partial charge in [0.25, 0.3) is 5.56 Å². The van der Waals surface area contributed by atoms with E-state index in [1.54, 1.807) is 17.6 Å². The number of nitrogens with one attached hydrogen (secondary N) is 1. The number of likely N-dealkylation sites (tertiary alicyclic amines) is 1. The van der Waals surface area contributed by atoms with E-state index in [9.17, 15) is 14.0 Å². The molecule has 3 rings (SSSR count). The predicted octanol–water partition coefficient (Wildman–Crippen LogP) is 1.99. The zero-order chi connectivity index (χ0) is 16.2. The largest absolute Gasteiger partial charge is 0.326 e. The summed E-state index contributed by atoms with van der Waals surface area (Å²) in [5.41, 5.74) is 0.832. The third kappa shape index (κ3) is 3.92. The molecular formula is C16H18FN3O2S. The molecular weight excluding hydrogens is 317 g/mol. The summed E-state index contributed by atoms with van der Waals surface area (Å²) in [5, 5.41) is 1.41.